The van der Waals surface area contributed by atoms with Gasteiger partial charge in [-0.3, -0.25) is 5.32 Å². The second-order valence-electron chi connectivity index (χ2n) is 7.27. The van der Waals surface area contributed by atoms with E-state index in [0.717, 1.165) is 25.9 Å². The van der Waals surface area contributed by atoms with E-state index in [4.69, 9.17) is 0 Å². The Morgan fingerprint density at radius 1 is 0.690 bits per heavy atom. The molecule has 0 aliphatic carbocycles. The minimum atomic E-state index is 0. The molecule has 0 saturated heterocycles. The van der Waals surface area contributed by atoms with Crippen LogP contribution in [0.4, 0.5) is 5.69 Å². The Balaban J connectivity index is 0.00000150. The van der Waals surface area contributed by atoms with Gasteiger partial charge in [0.15, 0.2) is 0 Å². The van der Waals surface area contributed by atoms with Gasteiger partial charge in [-0.15, -0.1) is 0 Å². The monoisotopic (exact) mass is 426 g/mol. The summed E-state index contributed by atoms with van der Waals surface area (Å²) in [6, 6.07) is 30.5. The molecular formula is C25H28Cl2N2. The molecule has 152 valence electrons. The number of benzene rings is 3. The van der Waals surface area contributed by atoms with E-state index in [-0.39, 0.29) is 24.8 Å². The van der Waals surface area contributed by atoms with Crippen LogP contribution >= 0.6 is 0 Å². The molecule has 1 aliphatic rings. The molecular weight excluding hydrogens is 399 g/mol. The highest BCUT2D eigenvalue weighted by molar-refractivity contribution is 5.65. The number of hydrogen-bond acceptors (Lipinski definition) is 0. The van der Waals surface area contributed by atoms with Crippen molar-refractivity contribution in [2.75, 3.05) is 13.1 Å². The zero-order valence-electron chi connectivity index (χ0n) is 16.5. The first kappa shape index (κ1) is 23.2. The zero-order valence-corrected chi connectivity index (χ0v) is 18.0. The lowest BCUT2D eigenvalue weighted by Crippen LogP contribution is -3.00. The second-order valence-corrected chi connectivity index (χ2v) is 7.27. The maximum atomic E-state index is 2.47. The third-order valence-electron chi connectivity index (χ3n) is 5.38. The number of rotatable bonds is 8. The van der Waals surface area contributed by atoms with Gasteiger partial charge < -0.3 is 30.1 Å². The fourth-order valence-electron chi connectivity index (χ4n) is 3.95. The van der Waals surface area contributed by atoms with E-state index >= 15 is 0 Å². The quantitative estimate of drug-likeness (QED) is 0.293. The fourth-order valence-corrected chi connectivity index (χ4v) is 3.95. The van der Waals surface area contributed by atoms with Crippen LogP contribution < -0.4 is 35.4 Å². The highest BCUT2D eigenvalue weighted by Crippen LogP contribution is 2.27. The van der Waals surface area contributed by atoms with Gasteiger partial charge in [-0.2, -0.15) is 0 Å². The van der Waals surface area contributed by atoms with Crippen LogP contribution in [0.3, 0.4) is 0 Å². The third-order valence-corrected chi connectivity index (χ3v) is 5.38. The van der Waals surface area contributed by atoms with Crippen LogP contribution in [0.1, 0.15) is 35.4 Å². The number of hydrogen-bond donors (Lipinski definition) is 2. The van der Waals surface area contributed by atoms with Crippen LogP contribution in [-0.2, 0) is 0 Å². The van der Waals surface area contributed by atoms with Gasteiger partial charge in [0.2, 0.25) is 0 Å². The topological polar surface area (TPSA) is 33.2 Å². The van der Waals surface area contributed by atoms with Crippen LogP contribution in [0.15, 0.2) is 90.6 Å². The Bertz CT molecular complexity index is 855. The van der Waals surface area contributed by atoms with E-state index in [1.807, 2.05) is 0 Å². The van der Waals surface area contributed by atoms with E-state index in [1.54, 1.807) is 0 Å². The van der Waals surface area contributed by atoms with Crippen molar-refractivity contribution in [2.24, 2.45) is 0 Å². The molecule has 0 saturated carbocycles. The van der Waals surface area contributed by atoms with Gasteiger partial charge in [-0.1, -0.05) is 72.8 Å². The first-order valence-electron chi connectivity index (χ1n) is 9.96. The Kier molecular flexibility index (Phi) is 9.43. The van der Waals surface area contributed by atoms with Gasteiger partial charge in [0.05, 0.1) is 19.5 Å². The van der Waals surface area contributed by atoms with Crippen LogP contribution in [0.2, 0.25) is 0 Å². The van der Waals surface area contributed by atoms with E-state index in [0.29, 0.717) is 5.92 Å². The van der Waals surface area contributed by atoms with Crippen LogP contribution in [0.25, 0.3) is 6.08 Å². The molecule has 0 radical (unpaired) electrons. The molecule has 0 bridgehead atoms. The Hall–Kier alpha value is -2.10. The van der Waals surface area contributed by atoms with Crippen LogP contribution in [0, 0.1) is 0 Å². The van der Waals surface area contributed by atoms with Crippen molar-refractivity contribution in [3.8, 4) is 0 Å². The SMILES string of the molecule is C1=C(CC[NH2+]CCC(c2ccccc2)c2ccccc2)[NH2+]c2ccccc21.[Cl-].[Cl-]. The van der Waals surface area contributed by atoms with Gasteiger partial charge in [0.1, 0.15) is 11.4 Å². The maximum Gasteiger partial charge on any atom is 0.141 e. The summed E-state index contributed by atoms with van der Waals surface area (Å²) < 4.78 is 0. The molecule has 1 heterocycles. The van der Waals surface area contributed by atoms with Gasteiger partial charge >= 0.3 is 0 Å². The molecule has 3 aromatic carbocycles. The number of para-hydroxylation sites is 1. The molecule has 0 spiro atoms. The Labute approximate surface area is 186 Å². The molecule has 1 aliphatic heterocycles. The minimum absolute atomic E-state index is 0. The first-order chi connectivity index (χ1) is 13.4. The second kappa shape index (κ2) is 11.8. The fraction of sp³-hybridized carbons (Fsp3) is 0.200. The summed E-state index contributed by atoms with van der Waals surface area (Å²) in [6.07, 6.45) is 4.63. The smallest absolute Gasteiger partial charge is 0.141 e. The molecule has 0 atom stereocenters. The molecule has 4 heteroatoms. The molecule has 0 fully saturated rings. The molecule has 3 aromatic rings. The molecule has 29 heavy (non-hydrogen) atoms. The number of quaternary nitrogens is 2. The average Bonchev–Trinajstić information content (AvgIpc) is 3.15. The van der Waals surface area contributed by atoms with Crippen molar-refractivity contribution in [2.45, 2.75) is 18.8 Å². The Morgan fingerprint density at radius 3 is 1.90 bits per heavy atom. The normalized spacial score (nSPS) is 12.0. The van der Waals surface area contributed by atoms with E-state index in [9.17, 15) is 0 Å². The minimum Gasteiger partial charge on any atom is -1.00 e. The first-order valence-corrected chi connectivity index (χ1v) is 9.96. The van der Waals surface area contributed by atoms with E-state index in [1.165, 1.54) is 28.1 Å². The van der Waals surface area contributed by atoms with E-state index < -0.39 is 0 Å². The average molecular weight is 427 g/mol. The predicted octanol–water partition coefficient (Wildman–Crippen LogP) is -2.58. The summed E-state index contributed by atoms with van der Waals surface area (Å²) in [5.74, 6) is 0.477. The largest absolute Gasteiger partial charge is 1.00 e. The summed E-state index contributed by atoms with van der Waals surface area (Å²) in [7, 11) is 0. The van der Waals surface area contributed by atoms with Crippen LogP contribution in [-0.4, -0.2) is 13.1 Å². The molecule has 0 unspecified atom stereocenters. The maximum absolute atomic E-state index is 2.47. The lowest BCUT2D eigenvalue weighted by Gasteiger charge is -2.17. The van der Waals surface area contributed by atoms with Crippen LogP contribution in [0.5, 0.6) is 0 Å². The summed E-state index contributed by atoms with van der Waals surface area (Å²) in [5, 5.41) is 4.80. The predicted molar refractivity (Wildman–Crippen MR) is 112 cm³/mol. The summed E-state index contributed by atoms with van der Waals surface area (Å²) >= 11 is 0. The standard InChI is InChI=1S/C25H26N2.2ClH/c1-3-9-20(10-4-1)24(21-11-5-2-6-12-21)16-18-26-17-15-23-19-22-13-7-8-14-25(22)27-23;;/h1-14,19,24,26-27H,15-18H2;2*1H. The van der Waals surface area contributed by atoms with Gasteiger partial charge in [-0.25, -0.2) is 0 Å². The highest BCUT2D eigenvalue weighted by Gasteiger charge is 2.17. The van der Waals surface area contributed by atoms with Crippen molar-refractivity contribution in [1.29, 1.82) is 0 Å². The number of fused-ring (bicyclic) bond motifs is 1. The van der Waals surface area contributed by atoms with Crippen molar-refractivity contribution < 1.29 is 35.4 Å². The number of halogens is 2. The van der Waals surface area contributed by atoms with Gasteiger partial charge in [0.25, 0.3) is 0 Å². The number of nitrogens with two attached hydrogens (primary N) is 2. The zero-order chi connectivity index (χ0) is 18.3. The summed E-state index contributed by atoms with van der Waals surface area (Å²) in [5.41, 5.74) is 7.01. The molecule has 4 N–H and O–H groups in total. The highest BCUT2D eigenvalue weighted by atomic mass is 35.5. The summed E-state index contributed by atoms with van der Waals surface area (Å²) in [6.45, 7) is 2.29. The van der Waals surface area contributed by atoms with Crippen molar-refractivity contribution in [3.05, 3.63) is 107 Å². The molecule has 2 nitrogen and oxygen atoms in total. The Morgan fingerprint density at radius 2 is 1.28 bits per heavy atom. The lowest BCUT2D eigenvalue weighted by molar-refractivity contribution is -0.658. The van der Waals surface area contributed by atoms with Crippen molar-refractivity contribution in [1.82, 2.24) is 0 Å². The lowest BCUT2D eigenvalue weighted by atomic mass is 9.88. The van der Waals surface area contributed by atoms with Gasteiger partial charge in [-0.05, 0) is 17.2 Å². The molecule has 4 rings (SSSR count). The molecule has 0 aromatic heterocycles. The van der Waals surface area contributed by atoms with E-state index in [2.05, 4.69) is 102 Å². The van der Waals surface area contributed by atoms with Gasteiger partial charge in [0, 0.05) is 30.0 Å². The van der Waals surface area contributed by atoms with Crippen molar-refractivity contribution >= 4 is 11.8 Å². The summed E-state index contributed by atoms with van der Waals surface area (Å²) in [4.78, 5) is 0. The molecule has 0 amide bonds. The third kappa shape index (κ3) is 6.19. The van der Waals surface area contributed by atoms with Crippen molar-refractivity contribution in [3.63, 3.8) is 0 Å².